The molecule has 1 saturated heterocycles. The van der Waals surface area contributed by atoms with Gasteiger partial charge in [-0.1, -0.05) is 6.92 Å². The zero-order valence-electron chi connectivity index (χ0n) is 13.0. The second kappa shape index (κ2) is 8.40. The van der Waals surface area contributed by atoms with Crippen molar-refractivity contribution in [3.05, 3.63) is 34.1 Å². The highest BCUT2D eigenvalue weighted by Crippen LogP contribution is 2.17. The van der Waals surface area contributed by atoms with Gasteiger partial charge in [-0.15, -0.1) is 0 Å². The van der Waals surface area contributed by atoms with Crippen LogP contribution in [-0.2, 0) is 4.79 Å². The lowest BCUT2D eigenvalue weighted by Gasteiger charge is -2.30. The summed E-state index contributed by atoms with van der Waals surface area (Å²) in [4.78, 5) is 23.9. The van der Waals surface area contributed by atoms with Gasteiger partial charge in [-0.05, 0) is 53.0 Å². The highest BCUT2D eigenvalue weighted by molar-refractivity contribution is 9.10. The van der Waals surface area contributed by atoms with Crippen molar-refractivity contribution in [1.82, 2.24) is 16.0 Å². The summed E-state index contributed by atoms with van der Waals surface area (Å²) in [6.07, 6.45) is 1.23. The molecular formula is C16H21BrFN3O2. The van der Waals surface area contributed by atoms with E-state index in [2.05, 4.69) is 38.8 Å². The third-order valence-electron chi connectivity index (χ3n) is 3.98. The lowest BCUT2D eigenvalue weighted by Crippen LogP contribution is -2.50. The quantitative estimate of drug-likeness (QED) is 0.723. The first kappa shape index (κ1) is 17.9. The van der Waals surface area contributed by atoms with Crippen molar-refractivity contribution < 1.29 is 14.0 Å². The van der Waals surface area contributed by atoms with E-state index in [0.29, 0.717) is 10.4 Å². The molecule has 0 aliphatic carbocycles. The minimum absolute atomic E-state index is 0.0934. The van der Waals surface area contributed by atoms with Crippen LogP contribution in [0.4, 0.5) is 4.39 Å². The zero-order valence-corrected chi connectivity index (χ0v) is 14.6. The SMILES string of the molecule is CC1CCNCC1NC(=O)CCNC(=O)c1cc(F)ccc1Br. The van der Waals surface area contributed by atoms with Gasteiger partial charge in [0.15, 0.2) is 0 Å². The van der Waals surface area contributed by atoms with Gasteiger partial charge in [0.1, 0.15) is 5.82 Å². The van der Waals surface area contributed by atoms with E-state index in [1.54, 1.807) is 0 Å². The van der Waals surface area contributed by atoms with Gasteiger partial charge in [-0.25, -0.2) is 4.39 Å². The second-order valence-corrected chi connectivity index (χ2v) is 6.63. The summed E-state index contributed by atoms with van der Waals surface area (Å²) >= 11 is 3.21. The molecule has 126 valence electrons. The number of hydrogen-bond acceptors (Lipinski definition) is 3. The van der Waals surface area contributed by atoms with E-state index in [1.807, 2.05) is 0 Å². The van der Waals surface area contributed by atoms with Crippen molar-refractivity contribution in [3.8, 4) is 0 Å². The minimum Gasteiger partial charge on any atom is -0.352 e. The van der Waals surface area contributed by atoms with E-state index in [1.165, 1.54) is 12.1 Å². The molecule has 1 aromatic carbocycles. The Balaban J connectivity index is 1.76. The van der Waals surface area contributed by atoms with Crippen molar-refractivity contribution in [2.75, 3.05) is 19.6 Å². The molecule has 1 aromatic rings. The second-order valence-electron chi connectivity index (χ2n) is 5.77. The average molecular weight is 386 g/mol. The molecule has 0 spiro atoms. The molecule has 0 saturated carbocycles. The van der Waals surface area contributed by atoms with Crippen LogP contribution in [0.2, 0.25) is 0 Å². The molecule has 5 nitrogen and oxygen atoms in total. The molecule has 1 fully saturated rings. The molecule has 2 unspecified atom stereocenters. The van der Waals surface area contributed by atoms with Crippen LogP contribution in [0.15, 0.2) is 22.7 Å². The number of carbonyl (C=O) groups excluding carboxylic acids is 2. The standard InChI is InChI=1S/C16H21BrFN3O2/c1-10-4-6-19-9-14(10)21-15(22)5-7-20-16(23)12-8-11(18)2-3-13(12)17/h2-3,8,10,14,19H,4-7,9H2,1H3,(H,20,23)(H,21,22). The Kier molecular flexibility index (Phi) is 6.53. The fraction of sp³-hybridized carbons (Fsp3) is 0.500. The Morgan fingerprint density at radius 1 is 1.43 bits per heavy atom. The van der Waals surface area contributed by atoms with Crippen LogP contribution in [0, 0.1) is 11.7 Å². The van der Waals surface area contributed by atoms with E-state index in [0.717, 1.165) is 25.6 Å². The highest BCUT2D eigenvalue weighted by atomic mass is 79.9. The van der Waals surface area contributed by atoms with Crippen LogP contribution >= 0.6 is 15.9 Å². The summed E-state index contributed by atoms with van der Waals surface area (Å²) in [5.41, 5.74) is 0.218. The monoisotopic (exact) mass is 385 g/mol. The van der Waals surface area contributed by atoms with E-state index in [4.69, 9.17) is 0 Å². The first-order chi connectivity index (χ1) is 11.0. The Morgan fingerprint density at radius 2 is 2.22 bits per heavy atom. The average Bonchev–Trinajstić information content (AvgIpc) is 2.52. The molecule has 23 heavy (non-hydrogen) atoms. The van der Waals surface area contributed by atoms with Crippen molar-refractivity contribution in [3.63, 3.8) is 0 Å². The van der Waals surface area contributed by atoms with E-state index in [9.17, 15) is 14.0 Å². The number of amides is 2. The molecule has 1 heterocycles. The lowest BCUT2D eigenvalue weighted by molar-refractivity contribution is -0.122. The van der Waals surface area contributed by atoms with Crippen molar-refractivity contribution in [1.29, 1.82) is 0 Å². The van der Waals surface area contributed by atoms with Crippen LogP contribution in [0.1, 0.15) is 30.1 Å². The van der Waals surface area contributed by atoms with E-state index >= 15 is 0 Å². The summed E-state index contributed by atoms with van der Waals surface area (Å²) in [6.45, 7) is 4.08. The molecule has 0 radical (unpaired) electrons. The number of piperidine rings is 1. The van der Waals surface area contributed by atoms with Gasteiger partial charge in [-0.2, -0.15) is 0 Å². The van der Waals surface area contributed by atoms with Crippen LogP contribution in [0.3, 0.4) is 0 Å². The van der Waals surface area contributed by atoms with Gasteiger partial charge in [-0.3, -0.25) is 9.59 Å². The molecule has 2 rings (SSSR count). The molecule has 2 amide bonds. The predicted octanol–water partition coefficient (Wildman–Crippen LogP) is 1.82. The summed E-state index contributed by atoms with van der Waals surface area (Å²) in [6, 6.07) is 4.04. The van der Waals surface area contributed by atoms with Crippen molar-refractivity contribution in [2.45, 2.75) is 25.8 Å². The Hall–Kier alpha value is -1.47. The molecule has 2 atom stereocenters. The van der Waals surface area contributed by atoms with Gasteiger partial charge in [0.2, 0.25) is 5.91 Å². The van der Waals surface area contributed by atoms with Gasteiger partial charge in [0.05, 0.1) is 5.56 Å². The summed E-state index contributed by atoms with van der Waals surface area (Å²) in [7, 11) is 0. The van der Waals surface area contributed by atoms with Crippen molar-refractivity contribution in [2.24, 2.45) is 5.92 Å². The number of carbonyl (C=O) groups is 2. The Labute approximate surface area is 143 Å². The number of hydrogen-bond donors (Lipinski definition) is 3. The first-order valence-corrected chi connectivity index (χ1v) is 8.50. The topological polar surface area (TPSA) is 70.2 Å². The number of benzene rings is 1. The Morgan fingerprint density at radius 3 is 2.96 bits per heavy atom. The molecule has 1 aliphatic rings. The fourth-order valence-corrected chi connectivity index (χ4v) is 2.94. The maximum absolute atomic E-state index is 13.2. The van der Waals surface area contributed by atoms with Crippen LogP contribution in [0.25, 0.3) is 0 Å². The van der Waals surface area contributed by atoms with Crippen LogP contribution in [0.5, 0.6) is 0 Å². The molecule has 7 heteroatoms. The normalized spacial score (nSPS) is 20.8. The lowest BCUT2D eigenvalue weighted by atomic mass is 9.95. The zero-order chi connectivity index (χ0) is 16.8. The van der Waals surface area contributed by atoms with Gasteiger partial charge < -0.3 is 16.0 Å². The van der Waals surface area contributed by atoms with Crippen molar-refractivity contribution >= 4 is 27.7 Å². The number of halogens is 2. The first-order valence-electron chi connectivity index (χ1n) is 7.70. The third kappa shape index (κ3) is 5.28. The van der Waals surface area contributed by atoms with Gasteiger partial charge in [0, 0.05) is 30.0 Å². The van der Waals surface area contributed by atoms with Gasteiger partial charge >= 0.3 is 0 Å². The Bertz CT molecular complexity index is 582. The molecule has 3 N–H and O–H groups in total. The molecule has 0 bridgehead atoms. The largest absolute Gasteiger partial charge is 0.352 e. The summed E-state index contributed by atoms with van der Waals surface area (Å²) in [5, 5.41) is 8.87. The summed E-state index contributed by atoms with van der Waals surface area (Å²) < 4.78 is 13.7. The van der Waals surface area contributed by atoms with E-state index < -0.39 is 11.7 Å². The molecule has 1 aliphatic heterocycles. The maximum Gasteiger partial charge on any atom is 0.252 e. The van der Waals surface area contributed by atoms with E-state index in [-0.39, 0.29) is 30.5 Å². The highest BCUT2D eigenvalue weighted by Gasteiger charge is 2.22. The van der Waals surface area contributed by atoms with Crippen LogP contribution in [-0.4, -0.2) is 37.5 Å². The van der Waals surface area contributed by atoms with Crippen LogP contribution < -0.4 is 16.0 Å². The molecular weight excluding hydrogens is 365 g/mol. The third-order valence-corrected chi connectivity index (χ3v) is 4.68. The summed E-state index contributed by atoms with van der Waals surface area (Å²) in [5.74, 6) is -0.533. The fourth-order valence-electron chi connectivity index (χ4n) is 2.52. The smallest absolute Gasteiger partial charge is 0.252 e. The predicted molar refractivity (Wildman–Crippen MR) is 89.6 cm³/mol. The maximum atomic E-state index is 13.2. The van der Waals surface area contributed by atoms with Gasteiger partial charge in [0.25, 0.3) is 5.91 Å². The molecule has 0 aromatic heterocycles. The minimum atomic E-state index is -0.477. The number of nitrogens with one attached hydrogen (secondary N) is 3. The number of rotatable bonds is 5.